The molecule has 0 radical (unpaired) electrons. The molecule has 0 fully saturated rings. The maximum absolute atomic E-state index is 13.2. The number of anilines is 2. The Morgan fingerprint density at radius 1 is 1.08 bits per heavy atom. The van der Waals surface area contributed by atoms with E-state index in [4.69, 9.17) is 4.74 Å². The van der Waals surface area contributed by atoms with Crippen molar-refractivity contribution in [1.29, 1.82) is 0 Å². The largest absolute Gasteiger partial charge is 0.495 e. The minimum Gasteiger partial charge on any atom is -0.495 e. The van der Waals surface area contributed by atoms with Crippen molar-refractivity contribution in [3.05, 3.63) is 82.4 Å². The van der Waals surface area contributed by atoms with Gasteiger partial charge in [-0.05, 0) is 54.4 Å². The number of nitrogens with zero attached hydrogens (tertiary/aromatic N) is 2. The van der Waals surface area contributed by atoms with Gasteiger partial charge in [0.1, 0.15) is 16.4 Å². The highest BCUT2D eigenvalue weighted by atomic mass is 32.2. The van der Waals surface area contributed by atoms with E-state index >= 15 is 0 Å². The normalized spacial score (nSPS) is 11.8. The lowest BCUT2D eigenvalue weighted by atomic mass is 10.1. The standard InChI is InChI=1S/C23H22F2N4O6S/c1-3-18(15-8-11-17(12-9-15)35-23(24)25)26-27-20-13-10-16(29(30)31)14-22(20)36(32,33)28-19-6-4-5-7-21(19)34-2/h4-14,23,27-28H,3H2,1-2H3. The first kappa shape index (κ1) is 26.3. The van der Waals surface area contributed by atoms with Gasteiger partial charge in [0.25, 0.3) is 15.7 Å². The number of alkyl halides is 2. The lowest BCUT2D eigenvalue weighted by molar-refractivity contribution is -0.385. The Morgan fingerprint density at radius 3 is 2.39 bits per heavy atom. The number of hydrazone groups is 1. The molecular formula is C23H22F2N4O6S. The van der Waals surface area contributed by atoms with E-state index in [1.807, 2.05) is 0 Å². The van der Waals surface area contributed by atoms with Crippen molar-refractivity contribution >= 4 is 32.8 Å². The van der Waals surface area contributed by atoms with Gasteiger partial charge in [0, 0.05) is 12.1 Å². The smallest absolute Gasteiger partial charge is 0.387 e. The van der Waals surface area contributed by atoms with Gasteiger partial charge in [-0.2, -0.15) is 13.9 Å². The van der Waals surface area contributed by atoms with E-state index in [0.717, 1.165) is 12.1 Å². The number of benzene rings is 3. The number of methoxy groups -OCH3 is 1. The van der Waals surface area contributed by atoms with Crippen molar-refractivity contribution in [2.75, 3.05) is 17.3 Å². The third-order valence-corrected chi connectivity index (χ3v) is 6.28. The first-order valence-electron chi connectivity index (χ1n) is 10.5. The summed E-state index contributed by atoms with van der Waals surface area (Å²) in [7, 11) is -2.95. The van der Waals surface area contributed by atoms with E-state index < -0.39 is 32.1 Å². The number of hydrogen-bond donors (Lipinski definition) is 2. The Labute approximate surface area is 205 Å². The third-order valence-electron chi connectivity index (χ3n) is 4.88. The Bertz CT molecular complexity index is 1370. The molecule has 0 amide bonds. The molecule has 3 aromatic carbocycles. The average molecular weight is 521 g/mol. The molecule has 0 aliphatic rings. The Hall–Kier alpha value is -4.26. The molecule has 0 heterocycles. The first-order valence-corrected chi connectivity index (χ1v) is 11.9. The Kier molecular flexibility index (Phi) is 8.38. The summed E-state index contributed by atoms with van der Waals surface area (Å²) in [4.78, 5) is 10.2. The number of hydrogen-bond acceptors (Lipinski definition) is 8. The monoisotopic (exact) mass is 520 g/mol. The number of non-ortho nitro benzene ring substituents is 1. The van der Waals surface area contributed by atoms with Crippen LogP contribution >= 0.6 is 0 Å². The molecular weight excluding hydrogens is 498 g/mol. The summed E-state index contributed by atoms with van der Waals surface area (Å²) in [5.74, 6) is 0.231. The number of rotatable bonds is 11. The molecule has 3 aromatic rings. The van der Waals surface area contributed by atoms with Crippen LogP contribution in [0.15, 0.2) is 76.7 Å². The van der Waals surface area contributed by atoms with Crippen molar-refractivity contribution in [3.8, 4) is 11.5 Å². The van der Waals surface area contributed by atoms with Crippen molar-refractivity contribution in [2.45, 2.75) is 24.9 Å². The molecule has 0 atom stereocenters. The van der Waals surface area contributed by atoms with Crippen LogP contribution in [0.3, 0.4) is 0 Å². The number of para-hydroxylation sites is 2. The second kappa shape index (κ2) is 11.4. The number of nitro groups is 1. The highest BCUT2D eigenvalue weighted by Gasteiger charge is 2.24. The van der Waals surface area contributed by atoms with Crippen molar-refractivity contribution in [2.24, 2.45) is 5.10 Å². The topological polar surface area (TPSA) is 132 Å². The van der Waals surface area contributed by atoms with Crippen LogP contribution in [0.25, 0.3) is 0 Å². The zero-order valence-electron chi connectivity index (χ0n) is 19.1. The lowest BCUT2D eigenvalue weighted by Crippen LogP contribution is -2.16. The summed E-state index contributed by atoms with van der Waals surface area (Å²) in [5, 5.41) is 15.6. The van der Waals surface area contributed by atoms with Crippen molar-refractivity contribution in [1.82, 2.24) is 0 Å². The number of sulfonamides is 1. The van der Waals surface area contributed by atoms with Crippen LogP contribution in [0.1, 0.15) is 18.9 Å². The molecule has 10 nitrogen and oxygen atoms in total. The van der Waals surface area contributed by atoms with Crippen LogP contribution in [0.5, 0.6) is 11.5 Å². The summed E-state index contributed by atoms with van der Waals surface area (Å²) in [6.45, 7) is -1.16. The van der Waals surface area contributed by atoms with Crippen LogP contribution in [0, 0.1) is 10.1 Å². The number of ether oxygens (including phenoxy) is 2. The van der Waals surface area contributed by atoms with Crippen LogP contribution in [0.4, 0.5) is 25.8 Å². The second-order valence-corrected chi connectivity index (χ2v) is 8.82. The highest BCUT2D eigenvalue weighted by Crippen LogP contribution is 2.31. The van der Waals surface area contributed by atoms with E-state index in [0.29, 0.717) is 17.7 Å². The fourth-order valence-electron chi connectivity index (χ4n) is 3.17. The zero-order valence-corrected chi connectivity index (χ0v) is 20.0. The van der Waals surface area contributed by atoms with Crippen LogP contribution in [-0.2, 0) is 10.0 Å². The van der Waals surface area contributed by atoms with Gasteiger partial charge in [0.15, 0.2) is 0 Å². The molecule has 3 rings (SSSR count). The molecule has 0 aromatic heterocycles. The SMILES string of the molecule is CCC(=NNc1ccc([N+](=O)[O-])cc1S(=O)(=O)Nc1ccccc1OC)c1ccc(OC(F)F)cc1. The van der Waals surface area contributed by atoms with Gasteiger partial charge in [0.2, 0.25) is 0 Å². The lowest BCUT2D eigenvalue weighted by Gasteiger charge is -2.14. The predicted octanol–water partition coefficient (Wildman–Crippen LogP) is 5.23. The summed E-state index contributed by atoms with van der Waals surface area (Å²) in [6, 6.07) is 15.3. The van der Waals surface area contributed by atoms with Gasteiger partial charge in [-0.1, -0.05) is 19.1 Å². The molecule has 0 saturated carbocycles. The van der Waals surface area contributed by atoms with Gasteiger partial charge in [-0.25, -0.2) is 8.42 Å². The average Bonchev–Trinajstić information content (AvgIpc) is 2.85. The molecule has 0 unspecified atom stereocenters. The van der Waals surface area contributed by atoms with Crippen LogP contribution < -0.4 is 19.6 Å². The minimum atomic E-state index is -4.32. The summed E-state index contributed by atoms with van der Waals surface area (Å²) in [5.41, 5.74) is 3.39. The maximum atomic E-state index is 13.2. The number of nitrogens with one attached hydrogen (secondary N) is 2. The van der Waals surface area contributed by atoms with E-state index in [9.17, 15) is 27.3 Å². The Morgan fingerprint density at radius 2 is 1.78 bits per heavy atom. The molecule has 0 spiro atoms. The van der Waals surface area contributed by atoms with E-state index in [-0.39, 0.29) is 22.9 Å². The van der Waals surface area contributed by atoms with Gasteiger partial charge < -0.3 is 9.47 Å². The Balaban J connectivity index is 1.97. The van der Waals surface area contributed by atoms with E-state index in [1.165, 1.54) is 43.5 Å². The van der Waals surface area contributed by atoms with Gasteiger partial charge in [-0.15, -0.1) is 0 Å². The highest BCUT2D eigenvalue weighted by molar-refractivity contribution is 7.93. The predicted molar refractivity (Wildman–Crippen MR) is 130 cm³/mol. The molecule has 13 heteroatoms. The number of nitro benzene ring substituents is 1. The molecule has 2 N–H and O–H groups in total. The van der Waals surface area contributed by atoms with Gasteiger partial charge in [-0.3, -0.25) is 20.3 Å². The molecule has 0 aliphatic heterocycles. The molecule has 36 heavy (non-hydrogen) atoms. The van der Waals surface area contributed by atoms with Crippen molar-refractivity contribution < 1.29 is 31.6 Å². The van der Waals surface area contributed by atoms with E-state index in [2.05, 4.69) is 20.0 Å². The maximum Gasteiger partial charge on any atom is 0.387 e. The van der Waals surface area contributed by atoms with E-state index in [1.54, 1.807) is 25.1 Å². The van der Waals surface area contributed by atoms with Crippen molar-refractivity contribution in [3.63, 3.8) is 0 Å². The quantitative estimate of drug-likeness (QED) is 0.201. The molecule has 0 bridgehead atoms. The third kappa shape index (κ3) is 6.44. The van der Waals surface area contributed by atoms with Crippen LogP contribution in [0.2, 0.25) is 0 Å². The summed E-state index contributed by atoms with van der Waals surface area (Å²) < 4.78 is 63.1. The molecule has 0 saturated heterocycles. The van der Waals surface area contributed by atoms with Crippen LogP contribution in [-0.4, -0.2) is 32.8 Å². The minimum absolute atomic E-state index is 0.0217. The summed E-state index contributed by atoms with van der Waals surface area (Å²) >= 11 is 0. The van der Waals surface area contributed by atoms with Gasteiger partial charge in [0.05, 0.1) is 29.1 Å². The zero-order chi connectivity index (χ0) is 26.3. The molecule has 190 valence electrons. The fourth-order valence-corrected chi connectivity index (χ4v) is 4.42. The second-order valence-electron chi connectivity index (χ2n) is 7.17. The summed E-state index contributed by atoms with van der Waals surface area (Å²) in [6.07, 6.45) is 0.399. The fraction of sp³-hybridized carbons (Fsp3) is 0.174. The van der Waals surface area contributed by atoms with Gasteiger partial charge >= 0.3 is 6.61 Å². The molecule has 0 aliphatic carbocycles. The number of halogens is 2. The first-order chi connectivity index (χ1) is 17.1.